The van der Waals surface area contributed by atoms with Gasteiger partial charge < -0.3 is 10.2 Å². The van der Waals surface area contributed by atoms with Crippen molar-refractivity contribution in [3.8, 4) is 5.82 Å². The predicted octanol–water partition coefficient (Wildman–Crippen LogP) is 3.04. The molecule has 1 saturated heterocycles. The Morgan fingerprint density at radius 1 is 1.16 bits per heavy atom. The van der Waals surface area contributed by atoms with E-state index in [4.69, 9.17) is 0 Å². The first-order chi connectivity index (χ1) is 14.9. The number of carbonyl (C=O) groups is 1. The van der Waals surface area contributed by atoms with Crippen LogP contribution in [0.1, 0.15) is 24.2 Å². The minimum absolute atomic E-state index is 0.0888. The van der Waals surface area contributed by atoms with Crippen molar-refractivity contribution in [1.29, 1.82) is 0 Å². The highest BCUT2D eigenvalue weighted by Gasteiger charge is 2.28. The third kappa shape index (κ3) is 4.23. The van der Waals surface area contributed by atoms with E-state index < -0.39 is 4.92 Å². The van der Waals surface area contributed by atoms with Crippen LogP contribution in [0.25, 0.3) is 5.82 Å². The van der Waals surface area contributed by atoms with Gasteiger partial charge >= 0.3 is 0 Å². The fourth-order valence-electron chi connectivity index (χ4n) is 3.83. The number of piperidine rings is 1. The van der Waals surface area contributed by atoms with Crippen LogP contribution in [0.4, 0.5) is 17.2 Å². The predicted molar refractivity (Wildman–Crippen MR) is 115 cm³/mol. The maximum Gasteiger partial charge on any atom is 0.293 e. The van der Waals surface area contributed by atoms with Gasteiger partial charge in [0.2, 0.25) is 5.91 Å². The second kappa shape index (κ2) is 8.50. The zero-order valence-electron chi connectivity index (χ0n) is 17.4. The second-order valence-corrected chi connectivity index (χ2v) is 7.56. The maximum absolute atomic E-state index is 12.8. The molecular formula is C21H23N7O3. The fraction of sp³-hybridized carbons (Fsp3) is 0.333. The van der Waals surface area contributed by atoms with Crippen molar-refractivity contribution in [3.63, 3.8) is 0 Å². The molecule has 0 radical (unpaired) electrons. The molecule has 4 rings (SSSR count). The lowest BCUT2D eigenvalue weighted by atomic mass is 9.95. The third-order valence-corrected chi connectivity index (χ3v) is 5.60. The van der Waals surface area contributed by atoms with Crippen LogP contribution in [0.15, 0.2) is 43.0 Å². The average molecular weight is 421 g/mol. The van der Waals surface area contributed by atoms with Gasteiger partial charge in [-0.1, -0.05) is 12.1 Å². The number of nitrogens with zero attached hydrogens (tertiary/aromatic N) is 6. The van der Waals surface area contributed by atoms with Gasteiger partial charge in [-0.15, -0.1) is 0 Å². The monoisotopic (exact) mass is 421 g/mol. The van der Waals surface area contributed by atoms with Gasteiger partial charge in [0.1, 0.15) is 29.5 Å². The number of aryl methyl sites for hydroxylation is 2. The summed E-state index contributed by atoms with van der Waals surface area (Å²) in [5.74, 6) is 1.98. The van der Waals surface area contributed by atoms with E-state index in [9.17, 15) is 14.9 Å². The number of carbonyl (C=O) groups excluding carboxylic acids is 1. The molecule has 0 spiro atoms. The van der Waals surface area contributed by atoms with E-state index in [0.29, 0.717) is 31.5 Å². The van der Waals surface area contributed by atoms with E-state index in [1.165, 1.54) is 12.4 Å². The Bertz CT molecular complexity index is 1120. The Kier molecular flexibility index (Phi) is 5.61. The molecule has 1 amide bonds. The van der Waals surface area contributed by atoms with Crippen molar-refractivity contribution in [2.24, 2.45) is 5.92 Å². The molecular weight excluding hydrogens is 398 g/mol. The van der Waals surface area contributed by atoms with E-state index in [1.807, 2.05) is 23.8 Å². The van der Waals surface area contributed by atoms with Crippen LogP contribution in [0.2, 0.25) is 0 Å². The van der Waals surface area contributed by atoms with Gasteiger partial charge in [-0.25, -0.2) is 15.0 Å². The molecule has 1 aromatic carbocycles. The summed E-state index contributed by atoms with van der Waals surface area (Å²) in [7, 11) is 0. The van der Waals surface area contributed by atoms with Gasteiger partial charge in [0, 0.05) is 43.5 Å². The molecule has 31 heavy (non-hydrogen) atoms. The molecule has 10 nitrogen and oxygen atoms in total. The van der Waals surface area contributed by atoms with E-state index >= 15 is 0 Å². The van der Waals surface area contributed by atoms with Crippen LogP contribution in [0.5, 0.6) is 0 Å². The molecule has 0 bridgehead atoms. The number of nitro benzene ring substituents is 1. The van der Waals surface area contributed by atoms with Crippen LogP contribution >= 0.6 is 0 Å². The second-order valence-electron chi connectivity index (χ2n) is 7.56. The molecule has 0 unspecified atom stereocenters. The summed E-state index contributed by atoms with van der Waals surface area (Å²) in [6.07, 6.45) is 6.37. The molecule has 3 heterocycles. The van der Waals surface area contributed by atoms with Crippen molar-refractivity contribution in [3.05, 3.63) is 64.5 Å². The lowest BCUT2D eigenvalue weighted by Crippen LogP contribution is -2.38. The highest BCUT2D eigenvalue weighted by atomic mass is 16.6. The fourth-order valence-corrected chi connectivity index (χ4v) is 3.83. The molecule has 1 N–H and O–H groups in total. The summed E-state index contributed by atoms with van der Waals surface area (Å²) in [5.41, 5.74) is 0.855. The molecule has 2 aromatic heterocycles. The molecule has 3 aromatic rings. The Balaban J connectivity index is 1.42. The summed E-state index contributed by atoms with van der Waals surface area (Å²) in [4.78, 5) is 38.7. The van der Waals surface area contributed by atoms with Crippen molar-refractivity contribution < 1.29 is 9.72 Å². The largest absolute Gasteiger partial charge is 0.356 e. The van der Waals surface area contributed by atoms with Crippen LogP contribution in [-0.4, -0.2) is 43.4 Å². The first-order valence-corrected chi connectivity index (χ1v) is 10.1. The number of benzene rings is 1. The molecule has 0 aliphatic carbocycles. The number of aromatic nitrogens is 4. The molecule has 1 aliphatic heterocycles. The third-order valence-electron chi connectivity index (χ3n) is 5.60. The van der Waals surface area contributed by atoms with E-state index in [1.54, 1.807) is 25.3 Å². The highest BCUT2D eigenvalue weighted by molar-refractivity contribution is 5.95. The van der Waals surface area contributed by atoms with Crippen LogP contribution < -0.4 is 10.2 Å². The first-order valence-electron chi connectivity index (χ1n) is 10.1. The molecule has 0 saturated carbocycles. The van der Waals surface area contributed by atoms with Gasteiger partial charge in [-0.3, -0.25) is 19.5 Å². The van der Waals surface area contributed by atoms with Gasteiger partial charge in [-0.2, -0.15) is 0 Å². The minimum atomic E-state index is -0.472. The van der Waals surface area contributed by atoms with Crippen LogP contribution in [-0.2, 0) is 4.79 Å². The number of hydrogen-bond donors (Lipinski definition) is 1. The molecule has 10 heteroatoms. The normalized spacial score (nSPS) is 14.5. The van der Waals surface area contributed by atoms with Crippen molar-refractivity contribution in [2.75, 3.05) is 23.3 Å². The number of rotatable bonds is 5. The van der Waals surface area contributed by atoms with Crippen LogP contribution in [0.3, 0.4) is 0 Å². The Labute approximate surface area is 179 Å². The summed E-state index contributed by atoms with van der Waals surface area (Å²) in [6, 6.07) is 6.68. The van der Waals surface area contributed by atoms with Crippen molar-refractivity contribution in [1.82, 2.24) is 19.5 Å². The van der Waals surface area contributed by atoms with E-state index in [2.05, 4.69) is 25.2 Å². The summed E-state index contributed by atoms with van der Waals surface area (Å²) in [6.45, 7) is 4.98. The number of hydrogen-bond acceptors (Lipinski definition) is 7. The summed E-state index contributed by atoms with van der Waals surface area (Å²) < 4.78 is 1.89. The molecule has 1 aliphatic rings. The van der Waals surface area contributed by atoms with Gasteiger partial charge in [0.15, 0.2) is 0 Å². The Hall–Kier alpha value is -3.82. The molecule has 0 atom stereocenters. The Morgan fingerprint density at radius 3 is 2.58 bits per heavy atom. The average Bonchev–Trinajstić information content (AvgIpc) is 3.21. The van der Waals surface area contributed by atoms with Gasteiger partial charge in [0.25, 0.3) is 5.69 Å². The summed E-state index contributed by atoms with van der Waals surface area (Å²) in [5, 5.41) is 14.1. The van der Waals surface area contributed by atoms with Crippen LogP contribution in [0, 0.1) is 29.9 Å². The smallest absolute Gasteiger partial charge is 0.293 e. The zero-order valence-corrected chi connectivity index (χ0v) is 17.4. The number of para-hydroxylation sites is 1. The lowest BCUT2D eigenvalue weighted by molar-refractivity contribution is -0.384. The number of anilines is 2. The van der Waals surface area contributed by atoms with Crippen molar-refractivity contribution in [2.45, 2.75) is 26.7 Å². The van der Waals surface area contributed by atoms with Gasteiger partial charge in [-0.05, 0) is 32.3 Å². The topological polar surface area (TPSA) is 119 Å². The zero-order chi connectivity index (χ0) is 22.0. The first kappa shape index (κ1) is 20.5. The Morgan fingerprint density at radius 2 is 1.90 bits per heavy atom. The minimum Gasteiger partial charge on any atom is -0.356 e. The lowest BCUT2D eigenvalue weighted by Gasteiger charge is -2.32. The van der Waals surface area contributed by atoms with Gasteiger partial charge in [0.05, 0.1) is 4.92 Å². The van der Waals surface area contributed by atoms with E-state index in [0.717, 1.165) is 17.5 Å². The summed E-state index contributed by atoms with van der Waals surface area (Å²) >= 11 is 0. The maximum atomic E-state index is 12.8. The standard InChI is InChI=1S/C21H23N7O3/c1-14-4-3-5-17(28(30)31)20(14)25-21(29)16-6-9-26(10-7-16)18-12-19(24-13-23-18)27-11-8-22-15(27)2/h3-5,8,11-13,16H,6-7,9-10H2,1-2H3,(H,25,29). The highest BCUT2D eigenvalue weighted by Crippen LogP contribution is 2.30. The quantitative estimate of drug-likeness (QED) is 0.497. The number of nitro groups is 1. The molecule has 1 fully saturated rings. The van der Waals surface area contributed by atoms with E-state index in [-0.39, 0.29) is 23.2 Å². The number of amides is 1. The SMILES string of the molecule is Cc1cccc([N+](=O)[O-])c1NC(=O)C1CCN(c2cc(-n3ccnc3C)ncn2)CC1. The number of nitrogens with one attached hydrogen (secondary N) is 1. The number of imidazole rings is 1. The van der Waals surface area contributed by atoms with Crippen molar-refractivity contribution >= 4 is 23.1 Å². The molecule has 160 valence electrons.